The van der Waals surface area contributed by atoms with Gasteiger partial charge in [0.25, 0.3) is 0 Å². The molecule has 1 aromatic carbocycles. The molecule has 17 heavy (non-hydrogen) atoms. The molecule has 8 heteroatoms. The Balaban J connectivity index is 2.54. The highest BCUT2D eigenvalue weighted by atomic mass is 32.2. The fourth-order valence-electron chi connectivity index (χ4n) is 1.47. The molecule has 0 unspecified atom stereocenters. The van der Waals surface area contributed by atoms with Crippen molar-refractivity contribution in [3.63, 3.8) is 0 Å². The van der Waals surface area contributed by atoms with Gasteiger partial charge >= 0.3 is 0 Å². The summed E-state index contributed by atoms with van der Waals surface area (Å²) >= 11 is 0. The number of sulfone groups is 1. The summed E-state index contributed by atoms with van der Waals surface area (Å²) in [7, 11) is -6.83. The zero-order chi connectivity index (χ0) is 12.7. The van der Waals surface area contributed by atoms with Gasteiger partial charge in [-0.3, -0.25) is 9.71 Å². The van der Waals surface area contributed by atoms with Crippen LogP contribution >= 0.6 is 0 Å². The lowest BCUT2D eigenvalue weighted by Gasteiger charge is -2.12. The molecule has 1 N–H and O–H groups in total. The summed E-state index contributed by atoms with van der Waals surface area (Å²) < 4.78 is 47.7. The fourth-order valence-corrected chi connectivity index (χ4v) is 3.22. The van der Waals surface area contributed by atoms with Crippen molar-refractivity contribution in [2.24, 2.45) is 4.99 Å². The lowest BCUT2D eigenvalue weighted by atomic mass is 10.3. The van der Waals surface area contributed by atoms with Crippen molar-refractivity contribution < 1.29 is 16.8 Å². The summed E-state index contributed by atoms with van der Waals surface area (Å²) in [4.78, 5) is 3.99. The predicted octanol–water partition coefficient (Wildman–Crippen LogP) is 0.548. The lowest BCUT2D eigenvalue weighted by molar-refractivity contribution is 0.599. The van der Waals surface area contributed by atoms with E-state index in [0.717, 1.165) is 6.26 Å². The number of sulfonamides is 1. The first-order chi connectivity index (χ1) is 7.78. The van der Waals surface area contributed by atoms with Gasteiger partial charge in [-0.15, -0.1) is 0 Å². The summed E-state index contributed by atoms with van der Waals surface area (Å²) in [5.74, 6) is -0.164. The number of benzene rings is 1. The Morgan fingerprint density at radius 3 is 2.71 bits per heavy atom. The molecule has 92 valence electrons. The number of nitrogens with one attached hydrogen (secondary N) is 1. The van der Waals surface area contributed by atoms with Gasteiger partial charge in [0, 0.05) is 11.9 Å². The van der Waals surface area contributed by atoms with E-state index in [1.54, 1.807) is 0 Å². The molecular formula is C9H10N2O4S2. The Hall–Kier alpha value is -1.41. The second-order valence-corrected chi connectivity index (χ2v) is 7.40. The molecular weight excluding hydrogens is 264 g/mol. The van der Waals surface area contributed by atoms with Crippen LogP contribution in [0.5, 0.6) is 0 Å². The maximum absolute atomic E-state index is 11.7. The first kappa shape index (κ1) is 12.1. The molecule has 0 radical (unpaired) electrons. The Morgan fingerprint density at radius 1 is 1.35 bits per heavy atom. The average Bonchev–Trinajstić information content (AvgIpc) is 2.16. The highest BCUT2D eigenvalue weighted by Crippen LogP contribution is 2.30. The van der Waals surface area contributed by atoms with E-state index in [1.165, 1.54) is 24.4 Å². The Bertz CT molecular complexity index is 690. The van der Waals surface area contributed by atoms with E-state index in [2.05, 4.69) is 9.71 Å². The van der Waals surface area contributed by atoms with Crippen molar-refractivity contribution in [2.45, 2.75) is 4.90 Å². The normalized spacial score (nSPS) is 17.5. The molecule has 0 aromatic heterocycles. The van der Waals surface area contributed by atoms with Crippen LogP contribution in [0.4, 0.5) is 11.4 Å². The molecule has 0 fully saturated rings. The predicted molar refractivity (Wildman–Crippen MR) is 65.1 cm³/mol. The number of nitrogens with zero attached hydrogens (tertiary/aromatic N) is 1. The fraction of sp³-hybridized carbons (Fsp3) is 0.222. The van der Waals surface area contributed by atoms with Crippen molar-refractivity contribution in [3.8, 4) is 0 Å². The molecule has 0 saturated carbocycles. The molecule has 0 saturated heterocycles. The second-order valence-electron chi connectivity index (χ2n) is 3.65. The van der Waals surface area contributed by atoms with Crippen LogP contribution < -0.4 is 4.72 Å². The Labute approximate surface area is 99.4 Å². The highest BCUT2D eigenvalue weighted by molar-refractivity contribution is 7.92. The summed E-state index contributed by atoms with van der Waals surface area (Å²) in [5, 5.41) is 0. The average molecular weight is 274 g/mol. The van der Waals surface area contributed by atoms with Crippen LogP contribution in [0.1, 0.15) is 0 Å². The highest BCUT2D eigenvalue weighted by Gasteiger charge is 2.21. The molecule has 0 amide bonds. The molecule has 0 spiro atoms. The third kappa shape index (κ3) is 2.64. The summed E-state index contributed by atoms with van der Waals surface area (Å²) in [6.45, 7) is 0. The van der Waals surface area contributed by atoms with Gasteiger partial charge in [-0.2, -0.15) is 0 Å². The van der Waals surface area contributed by atoms with E-state index in [-0.39, 0.29) is 16.3 Å². The van der Waals surface area contributed by atoms with Gasteiger partial charge in [0.15, 0.2) is 9.84 Å². The Kier molecular flexibility index (Phi) is 2.70. The third-order valence-corrected chi connectivity index (χ3v) is 4.31. The molecule has 1 aliphatic rings. The SMILES string of the molecule is CS(=O)(=O)Nc1ccc2c(c1)S(=O)(=O)CC=N2. The minimum absolute atomic E-state index is 0.0497. The Morgan fingerprint density at radius 2 is 2.06 bits per heavy atom. The third-order valence-electron chi connectivity index (χ3n) is 2.12. The van der Waals surface area contributed by atoms with Gasteiger partial charge in [0.05, 0.1) is 22.6 Å². The number of rotatable bonds is 2. The zero-order valence-corrected chi connectivity index (χ0v) is 10.5. The zero-order valence-electron chi connectivity index (χ0n) is 8.91. The van der Waals surface area contributed by atoms with Crippen molar-refractivity contribution >= 4 is 37.4 Å². The van der Waals surface area contributed by atoms with Crippen LogP contribution in [0.15, 0.2) is 28.1 Å². The van der Waals surface area contributed by atoms with E-state index >= 15 is 0 Å². The number of fused-ring (bicyclic) bond motifs is 1. The van der Waals surface area contributed by atoms with Gasteiger partial charge in [-0.25, -0.2) is 16.8 Å². The lowest BCUT2D eigenvalue weighted by Crippen LogP contribution is -2.14. The van der Waals surface area contributed by atoms with E-state index in [4.69, 9.17) is 0 Å². The van der Waals surface area contributed by atoms with Crippen molar-refractivity contribution in [1.29, 1.82) is 0 Å². The first-order valence-corrected chi connectivity index (χ1v) is 8.19. The maximum Gasteiger partial charge on any atom is 0.229 e. The number of hydrogen-bond donors (Lipinski definition) is 1. The number of anilines is 1. The van der Waals surface area contributed by atoms with Gasteiger partial charge in [-0.05, 0) is 18.2 Å². The number of hydrogen-bond acceptors (Lipinski definition) is 5. The molecule has 0 bridgehead atoms. The van der Waals surface area contributed by atoms with Gasteiger partial charge < -0.3 is 0 Å². The van der Waals surface area contributed by atoms with Gasteiger partial charge in [0.2, 0.25) is 10.0 Å². The quantitative estimate of drug-likeness (QED) is 0.852. The van der Waals surface area contributed by atoms with Crippen molar-refractivity contribution in [2.75, 3.05) is 16.7 Å². The van der Waals surface area contributed by atoms with E-state index in [1.807, 2.05) is 0 Å². The van der Waals surface area contributed by atoms with Crippen LogP contribution in [-0.4, -0.2) is 35.1 Å². The largest absolute Gasteiger partial charge is 0.284 e. The van der Waals surface area contributed by atoms with Crippen LogP contribution in [0, 0.1) is 0 Å². The maximum atomic E-state index is 11.7. The van der Waals surface area contributed by atoms with Crippen LogP contribution in [0.3, 0.4) is 0 Å². The standard InChI is InChI=1S/C9H10N2O4S2/c1-16(12,13)11-7-2-3-8-9(6-7)17(14,15)5-4-10-8/h2-4,6,11H,5H2,1H3. The molecule has 6 nitrogen and oxygen atoms in total. The number of aliphatic imine (C=N–C) groups is 1. The first-order valence-electron chi connectivity index (χ1n) is 4.65. The molecule has 1 aromatic rings. The van der Waals surface area contributed by atoms with Crippen LogP contribution in [0.25, 0.3) is 0 Å². The van der Waals surface area contributed by atoms with Crippen molar-refractivity contribution in [1.82, 2.24) is 0 Å². The monoisotopic (exact) mass is 274 g/mol. The molecule has 1 heterocycles. The minimum atomic E-state index is -3.42. The van der Waals surface area contributed by atoms with E-state index in [9.17, 15) is 16.8 Å². The molecule has 1 aliphatic heterocycles. The molecule has 2 rings (SSSR count). The molecule has 0 aliphatic carbocycles. The smallest absolute Gasteiger partial charge is 0.229 e. The summed E-state index contributed by atoms with van der Waals surface area (Å²) in [5.41, 5.74) is 0.544. The second kappa shape index (κ2) is 3.81. The molecule has 0 atom stereocenters. The van der Waals surface area contributed by atoms with Crippen LogP contribution in [0.2, 0.25) is 0 Å². The van der Waals surface area contributed by atoms with Gasteiger partial charge in [0.1, 0.15) is 0 Å². The summed E-state index contributed by atoms with van der Waals surface area (Å²) in [6.07, 6.45) is 2.32. The van der Waals surface area contributed by atoms with E-state index in [0.29, 0.717) is 5.69 Å². The van der Waals surface area contributed by atoms with E-state index < -0.39 is 19.9 Å². The minimum Gasteiger partial charge on any atom is -0.284 e. The van der Waals surface area contributed by atoms with Crippen molar-refractivity contribution in [3.05, 3.63) is 18.2 Å². The topological polar surface area (TPSA) is 92.7 Å². The van der Waals surface area contributed by atoms with Crippen LogP contribution in [-0.2, 0) is 19.9 Å². The summed E-state index contributed by atoms with van der Waals surface area (Å²) in [6, 6.07) is 4.22. The van der Waals surface area contributed by atoms with Gasteiger partial charge in [-0.1, -0.05) is 0 Å².